The van der Waals surface area contributed by atoms with Crippen LogP contribution < -0.4 is 10.6 Å². The van der Waals surface area contributed by atoms with Crippen LogP contribution in [0, 0.1) is 5.92 Å². The van der Waals surface area contributed by atoms with Crippen LogP contribution in [0.5, 0.6) is 0 Å². The zero-order valence-electron chi connectivity index (χ0n) is 8.59. The second-order valence-corrected chi connectivity index (χ2v) is 4.81. The molecule has 1 saturated carbocycles. The summed E-state index contributed by atoms with van der Waals surface area (Å²) in [6, 6.07) is 4.72. The van der Waals surface area contributed by atoms with Crippen LogP contribution in [0.4, 0.5) is 10.5 Å². The summed E-state index contributed by atoms with van der Waals surface area (Å²) in [5.74, 6) is 0.661. The van der Waals surface area contributed by atoms with E-state index in [0.717, 1.165) is 6.54 Å². The van der Waals surface area contributed by atoms with E-state index in [1.165, 1.54) is 12.8 Å². The molecule has 0 unspecified atom stereocenters. The fourth-order valence-electron chi connectivity index (χ4n) is 1.36. The van der Waals surface area contributed by atoms with Crippen molar-refractivity contribution in [3.05, 3.63) is 28.2 Å². The number of halogens is 2. The molecular formula is C11H12Cl2N2O. The summed E-state index contributed by atoms with van der Waals surface area (Å²) in [7, 11) is 0. The minimum Gasteiger partial charge on any atom is -0.338 e. The SMILES string of the molecule is O=C(NCC1CC1)Nc1cc(Cl)cc(Cl)c1. The van der Waals surface area contributed by atoms with Gasteiger partial charge in [0.1, 0.15) is 0 Å². The molecule has 5 heteroatoms. The molecule has 0 atom stereocenters. The maximum absolute atomic E-state index is 11.5. The summed E-state index contributed by atoms with van der Waals surface area (Å²) in [6.07, 6.45) is 2.42. The number of anilines is 1. The molecule has 86 valence electrons. The first-order valence-corrected chi connectivity index (χ1v) is 5.90. The van der Waals surface area contributed by atoms with Gasteiger partial charge in [-0.1, -0.05) is 23.2 Å². The van der Waals surface area contributed by atoms with Crippen molar-refractivity contribution in [1.29, 1.82) is 0 Å². The number of hydrogen-bond donors (Lipinski definition) is 2. The highest BCUT2D eigenvalue weighted by atomic mass is 35.5. The van der Waals surface area contributed by atoms with Gasteiger partial charge in [0.2, 0.25) is 0 Å². The van der Waals surface area contributed by atoms with Crippen molar-refractivity contribution in [1.82, 2.24) is 5.32 Å². The van der Waals surface area contributed by atoms with Gasteiger partial charge in [-0.3, -0.25) is 0 Å². The zero-order chi connectivity index (χ0) is 11.5. The summed E-state index contributed by atoms with van der Waals surface area (Å²) in [4.78, 5) is 11.5. The summed E-state index contributed by atoms with van der Waals surface area (Å²) in [5.41, 5.74) is 0.603. The molecule has 0 aliphatic heterocycles. The van der Waals surface area contributed by atoms with Gasteiger partial charge < -0.3 is 10.6 Å². The Hall–Kier alpha value is -0.930. The molecule has 1 aliphatic rings. The van der Waals surface area contributed by atoms with E-state index in [4.69, 9.17) is 23.2 Å². The van der Waals surface area contributed by atoms with E-state index < -0.39 is 0 Å². The normalized spacial score (nSPS) is 14.6. The summed E-state index contributed by atoms with van der Waals surface area (Å²) < 4.78 is 0. The Morgan fingerprint density at radius 2 is 1.88 bits per heavy atom. The first kappa shape index (κ1) is 11.6. The van der Waals surface area contributed by atoms with Crippen molar-refractivity contribution >= 4 is 34.9 Å². The number of urea groups is 1. The van der Waals surface area contributed by atoms with Gasteiger partial charge >= 0.3 is 6.03 Å². The third-order valence-electron chi connectivity index (χ3n) is 2.37. The largest absolute Gasteiger partial charge is 0.338 e. The van der Waals surface area contributed by atoms with Crippen molar-refractivity contribution in [3.63, 3.8) is 0 Å². The highest BCUT2D eigenvalue weighted by Crippen LogP contribution is 2.27. The standard InChI is InChI=1S/C11H12Cl2N2O/c12-8-3-9(13)5-10(4-8)15-11(16)14-6-7-1-2-7/h3-5,7H,1-2,6H2,(H2,14,15,16). The van der Waals surface area contributed by atoms with Gasteiger partial charge in [-0.15, -0.1) is 0 Å². The molecule has 3 nitrogen and oxygen atoms in total. The summed E-state index contributed by atoms with van der Waals surface area (Å²) in [6.45, 7) is 0.736. The van der Waals surface area contributed by atoms with Crippen molar-refractivity contribution in [2.24, 2.45) is 5.92 Å². The van der Waals surface area contributed by atoms with E-state index in [2.05, 4.69) is 10.6 Å². The van der Waals surface area contributed by atoms with Gasteiger partial charge in [0.15, 0.2) is 0 Å². The lowest BCUT2D eigenvalue weighted by molar-refractivity contribution is 0.251. The molecule has 2 rings (SSSR count). The van der Waals surface area contributed by atoms with E-state index in [0.29, 0.717) is 21.7 Å². The molecule has 0 radical (unpaired) electrons. The molecule has 1 aromatic carbocycles. The molecule has 0 heterocycles. The second-order valence-electron chi connectivity index (χ2n) is 3.94. The number of benzene rings is 1. The molecule has 1 aliphatic carbocycles. The topological polar surface area (TPSA) is 41.1 Å². The Morgan fingerprint density at radius 1 is 1.25 bits per heavy atom. The van der Waals surface area contributed by atoms with Crippen LogP contribution in [0.15, 0.2) is 18.2 Å². The Labute approximate surface area is 104 Å². The van der Waals surface area contributed by atoms with Crippen LogP contribution in [-0.2, 0) is 0 Å². The molecule has 0 saturated heterocycles. The molecule has 0 spiro atoms. The van der Waals surface area contributed by atoms with Crippen molar-refractivity contribution in [2.75, 3.05) is 11.9 Å². The smallest absolute Gasteiger partial charge is 0.319 e. The summed E-state index contributed by atoms with van der Waals surface area (Å²) >= 11 is 11.6. The first-order valence-electron chi connectivity index (χ1n) is 5.14. The average molecular weight is 259 g/mol. The number of carbonyl (C=O) groups excluding carboxylic acids is 1. The molecular weight excluding hydrogens is 247 g/mol. The fourth-order valence-corrected chi connectivity index (χ4v) is 1.89. The maximum atomic E-state index is 11.5. The second kappa shape index (κ2) is 4.93. The molecule has 0 aromatic heterocycles. The van der Waals surface area contributed by atoms with Gasteiger partial charge in [-0.05, 0) is 37.0 Å². The lowest BCUT2D eigenvalue weighted by Gasteiger charge is -2.07. The van der Waals surface area contributed by atoms with E-state index in [1.807, 2.05) is 0 Å². The number of carbonyl (C=O) groups is 1. The molecule has 2 amide bonds. The monoisotopic (exact) mass is 258 g/mol. The third-order valence-corrected chi connectivity index (χ3v) is 2.81. The third kappa shape index (κ3) is 3.58. The molecule has 1 fully saturated rings. The number of nitrogens with one attached hydrogen (secondary N) is 2. The Morgan fingerprint density at radius 3 is 2.44 bits per heavy atom. The predicted octanol–water partition coefficient (Wildman–Crippen LogP) is 3.52. The van der Waals surface area contributed by atoms with Gasteiger partial charge in [0.05, 0.1) is 0 Å². The van der Waals surface area contributed by atoms with Gasteiger partial charge in [-0.25, -0.2) is 4.79 Å². The maximum Gasteiger partial charge on any atom is 0.319 e. The highest BCUT2D eigenvalue weighted by molar-refractivity contribution is 6.35. The number of rotatable bonds is 3. The average Bonchev–Trinajstić information content (AvgIpc) is 2.96. The van der Waals surface area contributed by atoms with Crippen LogP contribution in [0.2, 0.25) is 10.0 Å². The molecule has 1 aromatic rings. The van der Waals surface area contributed by atoms with Gasteiger partial charge in [0.25, 0.3) is 0 Å². The van der Waals surface area contributed by atoms with E-state index >= 15 is 0 Å². The zero-order valence-corrected chi connectivity index (χ0v) is 10.1. The lowest BCUT2D eigenvalue weighted by atomic mass is 10.3. The first-order chi connectivity index (χ1) is 7.63. The van der Waals surface area contributed by atoms with Gasteiger partial charge in [-0.2, -0.15) is 0 Å². The Balaban J connectivity index is 1.88. The van der Waals surface area contributed by atoms with E-state index in [1.54, 1.807) is 18.2 Å². The van der Waals surface area contributed by atoms with Crippen LogP contribution in [0.3, 0.4) is 0 Å². The Bertz CT molecular complexity index is 385. The molecule has 16 heavy (non-hydrogen) atoms. The highest BCUT2D eigenvalue weighted by Gasteiger charge is 2.21. The van der Waals surface area contributed by atoms with E-state index in [9.17, 15) is 4.79 Å². The Kier molecular flexibility index (Phi) is 3.56. The van der Waals surface area contributed by atoms with Crippen molar-refractivity contribution in [3.8, 4) is 0 Å². The predicted molar refractivity (Wildman–Crippen MR) is 66.2 cm³/mol. The van der Waals surface area contributed by atoms with Crippen LogP contribution in [0.25, 0.3) is 0 Å². The van der Waals surface area contributed by atoms with E-state index in [-0.39, 0.29) is 6.03 Å². The van der Waals surface area contributed by atoms with Crippen LogP contribution in [0.1, 0.15) is 12.8 Å². The van der Waals surface area contributed by atoms with Gasteiger partial charge in [0, 0.05) is 22.3 Å². The molecule has 2 N–H and O–H groups in total. The number of hydrogen-bond acceptors (Lipinski definition) is 1. The van der Waals surface area contributed by atoms with Crippen LogP contribution >= 0.6 is 23.2 Å². The fraction of sp³-hybridized carbons (Fsp3) is 0.364. The quantitative estimate of drug-likeness (QED) is 0.856. The van der Waals surface area contributed by atoms with Crippen molar-refractivity contribution < 1.29 is 4.79 Å². The lowest BCUT2D eigenvalue weighted by Crippen LogP contribution is -2.30. The van der Waals surface area contributed by atoms with Crippen molar-refractivity contribution in [2.45, 2.75) is 12.8 Å². The molecule has 0 bridgehead atoms. The van der Waals surface area contributed by atoms with Crippen LogP contribution in [-0.4, -0.2) is 12.6 Å². The minimum atomic E-state index is -0.217. The summed E-state index contributed by atoms with van der Waals surface area (Å²) in [5, 5.41) is 6.49. The number of amides is 2. The minimum absolute atomic E-state index is 0.217.